The molecule has 1 saturated carbocycles. The molecule has 0 aromatic carbocycles. The van der Waals surface area contributed by atoms with Crippen molar-refractivity contribution in [1.82, 2.24) is 9.80 Å². The maximum absolute atomic E-state index is 9.93. The fourth-order valence-electron chi connectivity index (χ4n) is 3.45. The van der Waals surface area contributed by atoms with E-state index in [9.17, 15) is 5.11 Å². The predicted octanol–water partition coefficient (Wildman–Crippen LogP) is 1.32. The smallest absolute Gasteiger partial charge is 0.0695 e. The summed E-state index contributed by atoms with van der Waals surface area (Å²) >= 11 is 0. The van der Waals surface area contributed by atoms with Gasteiger partial charge in [0.05, 0.1) is 6.10 Å². The molecule has 3 atom stereocenters. The van der Waals surface area contributed by atoms with Crippen LogP contribution in [-0.2, 0) is 0 Å². The molecule has 0 bridgehead atoms. The van der Waals surface area contributed by atoms with Gasteiger partial charge in [0.25, 0.3) is 0 Å². The van der Waals surface area contributed by atoms with Gasteiger partial charge in [0.15, 0.2) is 0 Å². The number of nitrogens with zero attached hydrogens (tertiary/aromatic N) is 2. The van der Waals surface area contributed by atoms with Gasteiger partial charge in [0, 0.05) is 25.2 Å². The first-order valence-electron chi connectivity index (χ1n) is 6.92. The molecule has 3 heteroatoms. The lowest BCUT2D eigenvalue weighted by Crippen LogP contribution is -2.42. The van der Waals surface area contributed by atoms with E-state index in [2.05, 4.69) is 23.6 Å². The maximum atomic E-state index is 9.93. The van der Waals surface area contributed by atoms with Crippen LogP contribution in [0.2, 0.25) is 0 Å². The molecule has 0 amide bonds. The van der Waals surface area contributed by atoms with E-state index in [0.717, 1.165) is 25.6 Å². The highest BCUT2D eigenvalue weighted by Gasteiger charge is 2.36. The van der Waals surface area contributed by atoms with Crippen molar-refractivity contribution in [1.29, 1.82) is 0 Å². The van der Waals surface area contributed by atoms with Crippen LogP contribution in [0, 0.1) is 0 Å². The van der Waals surface area contributed by atoms with Gasteiger partial charge in [-0.2, -0.15) is 0 Å². The standard InChI is InChI=1S/C13H26N2O/c1-3-14(4-2)11-8-9-15(10-11)12-6-5-7-13(12)16/h11-13,16H,3-10H2,1-2H3/t11?,12-,13-/m1/s1. The van der Waals surface area contributed by atoms with Gasteiger partial charge in [-0.3, -0.25) is 9.80 Å². The third-order valence-electron chi connectivity index (χ3n) is 4.44. The quantitative estimate of drug-likeness (QED) is 0.783. The molecule has 1 unspecified atom stereocenters. The molecule has 2 aliphatic rings. The lowest BCUT2D eigenvalue weighted by Gasteiger charge is -2.29. The zero-order valence-corrected chi connectivity index (χ0v) is 10.7. The van der Waals surface area contributed by atoms with Gasteiger partial charge in [-0.15, -0.1) is 0 Å². The van der Waals surface area contributed by atoms with Crippen LogP contribution in [-0.4, -0.2) is 59.3 Å². The number of aliphatic hydroxyl groups is 1. The summed E-state index contributed by atoms with van der Waals surface area (Å²) in [5.41, 5.74) is 0. The van der Waals surface area contributed by atoms with Crippen molar-refractivity contribution in [2.75, 3.05) is 26.2 Å². The second-order valence-electron chi connectivity index (χ2n) is 5.22. The normalized spacial score (nSPS) is 36.4. The van der Waals surface area contributed by atoms with Crippen molar-refractivity contribution in [2.24, 2.45) is 0 Å². The largest absolute Gasteiger partial charge is 0.391 e. The number of hydrogen-bond donors (Lipinski definition) is 1. The first-order valence-corrected chi connectivity index (χ1v) is 6.92. The van der Waals surface area contributed by atoms with Crippen LogP contribution >= 0.6 is 0 Å². The molecule has 1 saturated heterocycles. The fourth-order valence-corrected chi connectivity index (χ4v) is 3.45. The molecule has 2 fully saturated rings. The molecule has 1 aliphatic heterocycles. The topological polar surface area (TPSA) is 26.7 Å². The predicted molar refractivity (Wildman–Crippen MR) is 66.5 cm³/mol. The summed E-state index contributed by atoms with van der Waals surface area (Å²) in [6, 6.07) is 1.18. The van der Waals surface area contributed by atoms with Crippen molar-refractivity contribution in [3.05, 3.63) is 0 Å². The molecule has 1 aliphatic carbocycles. The molecule has 0 aromatic heterocycles. The molecule has 1 heterocycles. The summed E-state index contributed by atoms with van der Waals surface area (Å²) in [5, 5.41) is 9.93. The molecule has 16 heavy (non-hydrogen) atoms. The molecular formula is C13H26N2O. The number of hydrogen-bond acceptors (Lipinski definition) is 3. The van der Waals surface area contributed by atoms with Gasteiger partial charge < -0.3 is 5.11 Å². The van der Waals surface area contributed by atoms with Crippen LogP contribution in [0.25, 0.3) is 0 Å². The monoisotopic (exact) mass is 226 g/mol. The third-order valence-corrected chi connectivity index (χ3v) is 4.44. The van der Waals surface area contributed by atoms with E-state index in [4.69, 9.17) is 0 Å². The molecule has 3 nitrogen and oxygen atoms in total. The van der Waals surface area contributed by atoms with Crippen LogP contribution in [0.5, 0.6) is 0 Å². The SMILES string of the molecule is CCN(CC)C1CCN([C@@H]2CCC[C@H]2O)C1. The van der Waals surface area contributed by atoms with Gasteiger partial charge >= 0.3 is 0 Å². The van der Waals surface area contributed by atoms with Crippen molar-refractivity contribution in [3.8, 4) is 0 Å². The van der Waals surface area contributed by atoms with Crippen molar-refractivity contribution < 1.29 is 5.11 Å². The van der Waals surface area contributed by atoms with Gasteiger partial charge in [-0.25, -0.2) is 0 Å². The number of likely N-dealkylation sites (tertiary alicyclic amines) is 1. The first kappa shape index (κ1) is 12.3. The summed E-state index contributed by atoms with van der Waals surface area (Å²) in [5.74, 6) is 0. The highest BCUT2D eigenvalue weighted by atomic mass is 16.3. The van der Waals surface area contributed by atoms with E-state index in [-0.39, 0.29) is 6.10 Å². The summed E-state index contributed by atoms with van der Waals surface area (Å²) in [6.07, 6.45) is 4.64. The Morgan fingerprint density at radius 1 is 1.19 bits per heavy atom. The second kappa shape index (κ2) is 5.48. The van der Waals surface area contributed by atoms with Crippen molar-refractivity contribution in [3.63, 3.8) is 0 Å². The van der Waals surface area contributed by atoms with E-state index in [1.807, 2.05) is 0 Å². The van der Waals surface area contributed by atoms with E-state index in [1.165, 1.54) is 32.4 Å². The molecule has 0 aromatic rings. The average molecular weight is 226 g/mol. The number of aliphatic hydroxyl groups excluding tert-OH is 1. The van der Waals surface area contributed by atoms with Crippen LogP contribution < -0.4 is 0 Å². The summed E-state index contributed by atoms with van der Waals surface area (Å²) in [4.78, 5) is 5.09. The summed E-state index contributed by atoms with van der Waals surface area (Å²) < 4.78 is 0. The zero-order chi connectivity index (χ0) is 11.5. The first-order chi connectivity index (χ1) is 7.76. The molecule has 94 valence electrons. The summed E-state index contributed by atoms with van der Waals surface area (Å²) in [7, 11) is 0. The molecule has 0 radical (unpaired) electrons. The van der Waals surface area contributed by atoms with Crippen LogP contribution in [0.4, 0.5) is 0 Å². The van der Waals surface area contributed by atoms with Gasteiger partial charge in [-0.05, 0) is 38.8 Å². The highest BCUT2D eigenvalue weighted by molar-refractivity contribution is 4.92. The van der Waals surface area contributed by atoms with E-state index in [1.54, 1.807) is 0 Å². The lowest BCUT2D eigenvalue weighted by atomic mass is 10.2. The highest BCUT2D eigenvalue weighted by Crippen LogP contribution is 2.28. The average Bonchev–Trinajstić information content (AvgIpc) is 2.89. The van der Waals surface area contributed by atoms with Crippen LogP contribution in [0.3, 0.4) is 0 Å². The minimum atomic E-state index is -0.0598. The zero-order valence-electron chi connectivity index (χ0n) is 10.7. The Morgan fingerprint density at radius 3 is 2.50 bits per heavy atom. The Balaban J connectivity index is 1.87. The van der Waals surface area contributed by atoms with Gasteiger partial charge in [-0.1, -0.05) is 13.8 Å². The Labute approximate surface area is 99.4 Å². The van der Waals surface area contributed by atoms with Gasteiger partial charge in [0.1, 0.15) is 0 Å². The van der Waals surface area contributed by atoms with E-state index in [0.29, 0.717) is 6.04 Å². The second-order valence-corrected chi connectivity index (χ2v) is 5.22. The van der Waals surface area contributed by atoms with Crippen LogP contribution in [0.1, 0.15) is 39.5 Å². The third kappa shape index (κ3) is 2.41. The molecular weight excluding hydrogens is 200 g/mol. The Kier molecular flexibility index (Phi) is 4.22. The maximum Gasteiger partial charge on any atom is 0.0695 e. The fraction of sp³-hybridized carbons (Fsp3) is 1.00. The van der Waals surface area contributed by atoms with E-state index >= 15 is 0 Å². The van der Waals surface area contributed by atoms with E-state index < -0.39 is 0 Å². The molecule has 2 rings (SSSR count). The summed E-state index contributed by atoms with van der Waals surface area (Å²) in [6.45, 7) is 9.16. The molecule has 1 N–H and O–H groups in total. The van der Waals surface area contributed by atoms with Crippen LogP contribution in [0.15, 0.2) is 0 Å². The Bertz CT molecular complexity index is 218. The van der Waals surface area contributed by atoms with Gasteiger partial charge in [0.2, 0.25) is 0 Å². The van der Waals surface area contributed by atoms with Crippen molar-refractivity contribution in [2.45, 2.75) is 57.7 Å². The van der Waals surface area contributed by atoms with Crippen molar-refractivity contribution >= 4 is 0 Å². The Morgan fingerprint density at radius 2 is 1.94 bits per heavy atom. The minimum Gasteiger partial charge on any atom is -0.391 e. The number of rotatable bonds is 4. The minimum absolute atomic E-state index is 0.0598. The lowest BCUT2D eigenvalue weighted by molar-refractivity contribution is 0.0794. The molecule has 0 spiro atoms. The number of likely N-dealkylation sites (N-methyl/N-ethyl adjacent to an activating group) is 1. The Hall–Kier alpha value is -0.120.